The average Bonchev–Trinajstić information content (AvgIpc) is 2.96. The molecule has 0 aromatic carbocycles. The number of hydrogen-bond donors (Lipinski definition) is 1. The van der Waals surface area contributed by atoms with Crippen LogP contribution in [0.1, 0.15) is 39.8 Å². The smallest absolute Gasteiger partial charge is 0.380 e. The number of ether oxygens (including phenoxy) is 1. The Morgan fingerprint density at radius 2 is 1.34 bits per heavy atom. The van der Waals surface area contributed by atoms with Gasteiger partial charge in [-0.2, -0.15) is 44.6 Å². The molecule has 184 valence electrons. The molecule has 0 saturated carbocycles. The van der Waals surface area contributed by atoms with Crippen molar-refractivity contribution in [2.45, 2.75) is 64.6 Å². The number of nitrogens with one attached hydrogen (secondary N) is 1. The van der Waals surface area contributed by atoms with Crippen molar-refractivity contribution in [3.05, 3.63) is 11.8 Å². The average molecular weight is 487 g/mol. The van der Waals surface area contributed by atoms with E-state index < -0.39 is 36.4 Å². The zero-order valence-electron chi connectivity index (χ0n) is 16.9. The minimum atomic E-state index is -5.62. The largest absolute Gasteiger partial charge is 0.491 e. The molecular weight excluding hydrogens is 469 g/mol. The Morgan fingerprint density at radius 1 is 0.906 bits per heavy atom. The first-order chi connectivity index (χ1) is 14.1. The van der Waals surface area contributed by atoms with Crippen molar-refractivity contribution in [2.24, 2.45) is 0 Å². The number of aryl methyl sites for hydroxylation is 1. The number of alkyl halides is 9. The molecule has 7 nitrogen and oxygen atoms in total. The summed E-state index contributed by atoms with van der Waals surface area (Å²) in [6.45, 7) is 8.04. The number of anilines is 1. The fourth-order valence-electron chi connectivity index (χ4n) is 1.65. The molecule has 0 aliphatic carbocycles. The molecule has 0 saturated heterocycles. The third-order valence-corrected chi connectivity index (χ3v) is 3.13. The van der Waals surface area contributed by atoms with Crippen LogP contribution in [0, 0.1) is 0 Å². The van der Waals surface area contributed by atoms with E-state index in [0.717, 1.165) is 0 Å². The van der Waals surface area contributed by atoms with E-state index in [2.05, 4.69) is 9.84 Å². The highest BCUT2D eigenvalue weighted by molar-refractivity contribution is 5.94. The Morgan fingerprint density at radius 3 is 1.66 bits per heavy atom. The minimum Gasteiger partial charge on any atom is -0.380 e. The van der Waals surface area contributed by atoms with Crippen LogP contribution in [0.3, 0.4) is 0 Å². The summed E-state index contributed by atoms with van der Waals surface area (Å²) < 4.78 is 108. The third-order valence-electron chi connectivity index (χ3n) is 3.13. The lowest BCUT2D eigenvalue weighted by Crippen LogP contribution is -2.34. The molecule has 1 aromatic heterocycles. The van der Waals surface area contributed by atoms with Crippen molar-refractivity contribution in [3.8, 4) is 0 Å². The number of halogens is 9. The van der Waals surface area contributed by atoms with Gasteiger partial charge in [-0.05, 0) is 6.42 Å². The second-order valence-corrected chi connectivity index (χ2v) is 7.01. The van der Waals surface area contributed by atoms with Gasteiger partial charge in [-0.1, -0.05) is 27.7 Å². The molecule has 32 heavy (non-hydrogen) atoms. The van der Waals surface area contributed by atoms with Crippen molar-refractivity contribution < 1.29 is 58.6 Å². The number of nitrogens with zero attached hydrogens (tertiary/aromatic N) is 2. The molecular formula is C16H18F9N3O4. The Hall–Kier alpha value is -2.81. The summed E-state index contributed by atoms with van der Waals surface area (Å²) in [7, 11) is 0. The van der Waals surface area contributed by atoms with Crippen LogP contribution >= 0.6 is 0 Å². The van der Waals surface area contributed by atoms with Gasteiger partial charge in [-0.25, -0.2) is 14.3 Å². The molecule has 1 rings (SSSR count). The maximum atomic E-state index is 12.3. The number of carbonyl (C=O) groups excluding carboxylic acids is 3. The van der Waals surface area contributed by atoms with Gasteiger partial charge in [0.05, 0.1) is 5.69 Å². The number of hydrogen-bond acceptors (Lipinski definition) is 5. The van der Waals surface area contributed by atoms with Crippen molar-refractivity contribution in [3.63, 3.8) is 0 Å². The van der Waals surface area contributed by atoms with Gasteiger partial charge in [0.25, 0.3) is 0 Å². The zero-order valence-corrected chi connectivity index (χ0v) is 16.9. The second-order valence-electron chi connectivity index (χ2n) is 7.01. The molecule has 0 atom stereocenters. The maximum absolute atomic E-state index is 12.3. The van der Waals surface area contributed by atoms with Gasteiger partial charge in [-0.15, -0.1) is 0 Å². The van der Waals surface area contributed by atoms with Crippen molar-refractivity contribution in [1.29, 1.82) is 0 Å². The van der Waals surface area contributed by atoms with Crippen LogP contribution in [-0.4, -0.2) is 46.2 Å². The number of carbonyl (C=O) groups is 3. The Bertz CT molecular complexity index is 795. The van der Waals surface area contributed by atoms with Crippen LogP contribution in [0.15, 0.2) is 6.07 Å². The Kier molecular flexibility index (Phi) is 9.31. The maximum Gasteiger partial charge on any atom is 0.491 e. The number of esters is 2. The monoisotopic (exact) mass is 487 g/mol. The molecule has 0 fully saturated rings. The first-order valence-corrected chi connectivity index (χ1v) is 8.47. The van der Waals surface area contributed by atoms with E-state index in [-0.39, 0.29) is 11.2 Å². The molecule has 1 aromatic rings. The molecule has 1 heterocycles. The van der Waals surface area contributed by atoms with Crippen LogP contribution in [0.5, 0.6) is 0 Å². The van der Waals surface area contributed by atoms with E-state index >= 15 is 0 Å². The van der Waals surface area contributed by atoms with Crippen LogP contribution in [0.2, 0.25) is 0 Å². The molecule has 0 bridgehead atoms. The normalized spacial score (nSPS) is 12.5. The lowest BCUT2D eigenvalue weighted by molar-refractivity contribution is -0.221. The van der Waals surface area contributed by atoms with Crippen molar-refractivity contribution in [1.82, 2.24) is 9.78 Å². The standard InChI is InChI=1S/C12H18F3N3O.C4F6O3/c1-5-6-18-9(16-10(19)12(13,14)15)7-8(17-18)11(2,3)4;5-3(6,7)1(11)13-2(12)4(8,9)10/h7H,5-6H2,1-4H3,(H,16,19);. The molecule has 1 N–H and O–H groups in total. The number of rotatable bonds is 3. The third kappa shape index (κ3) is 9.55. The van der Waals surface area contributed by atoms with Crippen LogP contribution in [0.25, 0.3) is 0 Å². The van der Waals surface area contributed by atoms with Gasteiger partial charge in [-0.3, -0.25) is 4.79 Å². The van der Waals surface area contributed by atoms with Crippen molar-refractivity contribution >= 4 is 23.7 Å². The van der Waals surface area contributed by atoms with Gasteiger partial charge in [0.1, 0.15) is 5.82 Å². The highest BCUT2D eigenvalue weighted by atomic mass is 19.4. The molecule has 0 aliphatic heterocycles. The summed E-state index contributed by atoms with van der Waals surface area (Å²) in [5.41, 5.74) is 0.342. The second kappa shape index (κ2) is 10.2. The topological polar surface area (TPSA) is 90.3 Å². The summed E-state index contributed by atoms with van der Waals surface area (Å²) in [6.07, 6.45) is -15.4. The SMILES string of the molecule is CCCn1nc(C(C)(C)C)cc1NC(=O)C(F)(F)F.O=C(OC(=O)C(F)(F)F)C(F)(F)F. The highest BCUT2D eigenvalue weighted by Crippen LogP contribution is 2.26. The van der Waals surface area contributed by atoms with E-state index in [0.29, 0.717) is 18.7 Å². The van der Waals surface area contributed by atoms with Crippen LogP contribution in [0.4, 0.5) is 45.3 Å². The Labute approximate surface area is 174 Å². The lowest BCUT2D eigenvalue weighted by atomic mass is 9.92. The van der Waals surface area contributed by atoms with E-state index in [1.807, 2.05) is 33.0 Å². The van der Waals surface area contributed by atoms with Crippen molar-refractivity contribution in [2.75, 3.05) is 5.32 Å². The summed E-state index contributed by atoms with van der Waals surface area (Å²) in [6, 6.07) is 1.49. The Balaban J connectivity index is 0.000000649. The molecule has 16 heteroatoms. The molecule has 1 amide bonds. The van der Waals surface area contributed by atoms with Crippen LogP contribution in [-0.2, 0) is 31.1 Å². The molecule has 0 spiro atoms. The number of aromatic nitrogens is 2. The fourth-order valence-corrected chi connectivity index (χ4v) is 1.65. The summed E-state index contributed by atoms with van der Waals surface area (Å²) in [5, 5.41) is 6.11. The first-order valence-electron chi connectivity index (χ1n) is 8.47. The number of amides is 1. The summed E-state index contributed by atoms with van der Waals surface area (Å²) in [4.78, 5) is 30.3. The van der Waals surface area contributed by atoms with E-state index in [4.69, 9.17) is 0 Å². The molecule has 0 radical (unpaired) electrons. The van der Waals surface area contributed by atoms with Crippen LogP contribution < -0.4 is 5.32 Å². The molecule has 0 aliphatic rings. The van der Waals surface area contributed by atoms with Gasteiger partial charge in [0, 0.05) is 18.0 Å². The lowest BCUT2D eigenvalue weighted by Gasteiger charge is -2.13. The fraction of sp³-hybridized carbons (Fsp3) is 0.625. The first kappa shape index (κ1) is 29.2. The van der Waals surface area contributed by atoms with Gasteiger partial charge < -0.3 is 10.1 Å². The molecule has 0 unspecified atom stereocenters. The van der Waals surface area contributed by atoms with E-state index in [1.54, 1.807) is 0 Å². The van der Waals surface area contributed by atoms with E-state index in [1.165, 1.54) is 10.7 Å². The minimum absolute atomic E-state index is 0.0779. The van der Waals surface area contributed by atoms with E-state index in [9.17, 15) is 53.9 Å². The highest BCUT2D eigenvalue weighted by Gasteiger charge is 2.49. The predicted octanol–water partition coefficient (Wildman–Crippen LogP) is 4.27. The zero-order chi connectivity index (χ0) is 25.7. The quantitative estimate of drug-likeness (QED) is 0.391. The summed E-state index contributed by atoms with van der Waals surface area (Å²) >= 11 is 0. The predicted molar refractivity (Wildman–Crippen MR) is 89.1 cm³/mol. The van der Waals surface area contributed by atoms with Gasteiger partial charge in [0.15, 0.2) is 0 Å². The summed E-state index contributed by atoms with van der Waals surface area (Å²) in [5.74, 6) is -8.30. The van der Waals surface area contributed by atoms with Gasteiger partial charge in [0.2, 0.25) is 0 Å². The van der Waals surface area contributed by atoms with Gasteiger partial charge >= 0.3 is 36.4 Å².